The molecule has 0 saturated carbocycles. The van der Waals surface area contributed by atoms with E-state index >= 15 is 0 Å². The molecule has 0 rings (SSSR count). The molecule has 0 radical (unpaired) electrons. The average molecular weight is 177 g/mol. The lowest BCUT2D eigenvalue weighted by atomic mass is 10.7. The molecule has 0 N–H and O–H groups in total. The molecule has 1 amide bonds. The van der Waals surface area contributed by atoms with Crippen molar-refractivity contribution in [2.24, 2.45) is 0 Å². The predicted octanol–water partition coefficient (Wildman–Crippen LogP) is 0.974. The molecule has 0 spiro atoms. The fraction of sp³-hybridized carbons (Fsp3) is 0.333. The summed E-state index contributed by atoms with van der Waals surface area (Å²) in [6.45, 7) is 4.48. The van der Waals surface area contributed by atoms with Crippen LogP contribution in [0.4, 0.5) is 9.28 Å². The Kier molecular flexibility index (Phi) is 4.43. The Morgan fingerprint density at radius 2 is 2.25 bits per heavy atom. The molecular formula is C6H8FNO4. The smallest absolute Gasteiger partial charge is 0.446 e. The van der Waals surface area contributed by atoms with E-state index in [1.54, 1.807) is 0 Å². The number of nitrogens with zero attached hydrogens (tertiary/aromatic N) is 1. The van der Waals surface area contributed by atoms with Crippen LogP contribution < -0.4 is 0 Å². The normalized spacial score (nSPS) is 8.50. The van der Waals surface area contributed by atoms with Crippen molar-refractivity contribution in [1.82, 2.24) is 5.29 Å². The van der Waals surface area contributed by atoms with Crippen molar-refractivity contribution in [3.63, 3.8) is 0 Å². The van der Waals surface area contributed by atoms with E-state index < -0.39 is 17.3 Å². The first kappa shape index (κ1) is 10.4. The summed E-state index contributed by atoms with van der Waals surface area (Å²) < 4.78 is 16.4. The Morgan fingerprint density at radius 1 is 1.67 bits per heavy atom. The minimum Gasteiger partial charge on any atom is -0.446 e. The third-order valence-corrected chi connectivity index (χ3v) is 0.748. The Morgan fingerprint density at radius 3 is 2.67 bits per heavy atom. The van der Waals surface area contributed by atoms with Crippen molar-refractivity contribution in [1.29, 1.82) is 0 Å². The summed E-state index contributed by atoms with van der Waals surface area (Å²) in [6.07, 6.45) is -0.668. The summed E-state index contributed by atoms with van der Waals surface area (Å²) in [5.41, 5.74) is 0. The van der Waals surface area contributed by atoms with Crippen molar-refractivity contribution in [3.05, 3.63) is 12.7 Å². The molecule has 0 saturated heterocycles. The van der Waals surface area contributed by atoms with E-state index in [0.717, 1.165) is 0 Å². The number of hydrogen-bond acceptors (Lipinski definition) is 4. The van der Waals surface area contributed by atoms with E-state index in [1.165, 1.54) is 6.92 Å². The van der Waals surface area contributed by atoms with Gasteiger partial charge in [-0.1, -0.05) is 11.1 Å². The molecule has 0 atom stereocenters. The monoisotopic (exact) mass is 177 g/mol. The highest BCUT2D eigenvalue weighted by atomic mass is 19.2. The summed E-state index contributed by atoms with van der Waals surface area (Å²) in [6, 6.07) is 0. The molecule has 0 bridgehead atoms. The second-order valence-electron chi connectivity index (χ2n) is 1.56. The molecule has 0 aromatic carbocycles. The second kappa shape index (κ2) is 5.11. The zero-order valence-corrected chi connectivity index (χ0v) is 6.45. The molecule has 0 aromatic heterocycles. The van der Waals surface area contributed by atoms with E-state index in [9.17, 15) is 14.1 Å². The van der Waals surface area contributed by atoms with Crippen LogP contribution in [-0.2, 0) is 14.4 Å². The number of carbonyl (C=O) groups is 2. The molecule has 6 heteroatoms. The molecule has 0 unspecified atom stereocenters. The first-order valence-corrected chi connectivity index (χ1v) is 3.08. The van der Waals surface area contributed by atoms with Crippen molar-refractivity contribution in [2.45, 2.75) is 6.92 Å². The van der Waals surface area contributed by atoms with E-state index in [0.29, 0.717) is 6.08 Å². The fourth-order valence-electron chi connectivity index (χ4n) is 0.328. The SMILES string of the molecule is C=CC(=O)ON(F)C(=O)OCC. The number of amides is 1. The summed E-state index contributed by atoms with van der Waals surface area (Å²) >= 11 is 0. The van der Waals surface area contributed by atoms with Crippen LogP contribution in [-0.4, -0.2) is 24.0 Å². The summed E-state index contributed by atoms with van der Waals surface area (Å²) in [5.74, 6) is -1.08. The Balaban J connectivity index is 3.85. The highest BCUT2D eigenvalue weighted by molar-refractivity contribution is 5.82. The van der Waals surface area contributed by atoms with Gasteiger partial charge in [0.1, 0.15) is 0 Å². The Bertz CT molecular complexity index is 194. The number of ether oxygens (including phenoxy) is 1. The molecule has 0 aromatic rings. The van der Waals surface area contributed by atoms with E-state index in [2.05, 4.69) is 16.2 Å². The van der Waals surface area contributed by atoms with Crippen LogP contribution in [0.3, 0.4) is 0 Å². The van der Waals surface area contributed by atoms with Gasteiger partial charge >= 0.3 is 12.1 Å². The average Bonchev–Trinajstić information content (AvgIpc) is 2.04. The minimum atomic E-state index is -1.38. The molecular weight excluding hydrogens is 169 g/mol. The van der Waals surface area contributed by atoms with Crippen LogP contribution in [0.2, 0.25) is 0 Å². The second-order valence-corrected chi connectivity index (χ2v) is 1.56. The zero-order valence-electron chi connectivity index (χ0n) is 6.45. The van der Waals surface area contributed by atoms with Gasteiger partial charge in [0.25, 0.3) is 0 Å². The van der Waals surface area contributed by atoms with Crippen molar-refractivity contribution < 1.29 is 23.6 Å². The first-order valence-electron chi connectivity index (χ1n) is 3.08. The van der Waals surface area contributed by atoms with Gasteiger partial charge in [-0.15, -0.1) is 0 Å². The number of rotatable bonds is 2. The van der Waals surface area contributed by atoms with E-state index in [1.807, 2.05) is 0 Å². The topological polar surface area (TPSA) is 55.8 Å². The van der Waals surface area contributed by atoms with Gasteiger partial charge in [-0.05, 0) is 6.92 Å². The number of carbonyl (C=O) groups excluding carboxylic acids is 2. The van der Waals surface area contributed by atoms with Crippen molar-refractivity contribution in [3.8, 4) is 0 Å². The largest absolute Gasteiger partial charge is 0.473 e. The zero-order chi connectivity index (χ0) is 9.56. The lowest BCUT2D eigenvalue weighted by Gasteiger charge is -2.07. The fourth-order valence-corrected chi connectivity index (χ4v) is 0.328. The molecule has 0 fully saturated rings. The van der Waals surface area contributed by atoms with Crippen LogP contribution >= 0.6 is 0 Å². The van der Waals surface area contributed by atoms with Gasteiger partial charge in [0.05, 0.1) is 6.61 Å². The summed E-state index contributed by atoms with van der Waals surface area (Å²) in [5, 5.41) is -0.798. The minimum absolute atomic E-state index is 0.00903. The molecule has 0 aliphatic rings. The molecule has 68 valence electrons. The van der Waals surface area contributed by atoms with Gasteiger partial charge in [-0.3, -0.25) is 0 Å². The quantitative estimate of drug-likeness (QED) is 0.358. The maximum absolute atomic E-state index is 12.3. The predicted molar refractivity (Wildman–Crippen MR) is 36.3 cm³/mol. The first-order chi connectivity index (χ1) is 5.61. The highest BCUT2D eigenvalue weighted by Crippen LogP contribution is 1.96. The lowest BCUT2D eigenvalue weighted by Crippen LogP contribution is -2.26. The van der Waals surface area contributed by atoms with Gasteiger partial charge in [0.2, 0.25) is 0 Å². The van der Waals surface area contributed by atoms with Crippen LogP contribution in [0, 0.1) is 0 Å². The van der Waals surface area contributed by atoms with Gasteiger partial charge in [-0.25, -0.2) is 9.59 Å². The third kappa shape index (κ3) is 3.55. The highest BCUT2D eigenvalue weighted by Gasteiger charge is 2.17. The summed E-state index contributed by atoms with van der Waals surface area (Å²) in [7, 11) is 0. The van der Waals surface area contributed by atoms with E-state index in [4.69, 9.17) is 0 Å². The van der Waals surface area contributed by atoms with Gasteiger partial charge < -0.3 is 9.57 Å². The molecule has 5 nitrogen and oxygen atoms in total. The van der Waals surface area contributed by atoms with Crippen molar-refractivity contribution in [2.75, 3.05) is 6.61 Å². The van der Waals surface area contributed by atoms with Crippen LogP contribution in [0.1, 0.15) is 6.92 Å². The molecule has 0 aliphatic carbocycles. The Labute approximate surface area is 68.2 Å². The molecule has 0 heterocycles. The molecule has 0 aliphatic heterocycles. The Hall–Kier alpha value is -1.59. The van der Waals surface area contributed by atoms with Gasteiger partial charge in [0, 0.05) is 11.4 Å². The number of hydroxylamine groups is 1. The van der Waals surface area contributed by atoms with Crippen LogP contribution in [0.25, 0.3) is 0 Å². The van der Waals surface area contributed by atoms with Crippen molar-refractivity contribution >= 4 is 12.1 Å². The van der Waals surface area contributed by atoms with Crippen LogP contribution in [0.5, 0.6) is 0 Å². The third-order valence-electron chi connectivity index (χ3n) is 0.748. The summed E-state index contributed by atoms with van der Waals surface area (Å²) in [4.78, 5) is 24.5. The van der Waals surface area contributed by atoms with Gasteiger partial charge in [0.15, 0.2) is 0 Å². The van der Waals surface area contributed by atoms with Crippen LogP contribution in [0.15, 0.2) is 12.7 Å². The standard InChI is InChI=1S/C6H8FNO4/c1-3-5(9)12-8(7)6(10)11-4-2/h3H,1,4H2,2H3. The number of halogens is 1. The lowest BCUT2D eigenvalue weighted by molar-refractivity contribution is -0.234. The number of hydrogen-bond donors (Lipinski definition) is 0. The molecule has 12 heavy (non-hydrogen) atoms. The maximum Gasteiger partial charge on any atom is 0.473 e. The maximum atomic E-state index is 12.3. The van der Waals surface area contributed by atoms with Gasteiger partial charge in [-0.2, -0.15) is 0 Å². The van der Waals surface area contributed by atoms with E-state index in [-0.39, 0.29) is 6.61 Å².